The third-order valence-corrected chi connectivity index (χ3v) is 5.48. The molecule has 5 heteroatoms. The van der Waals surface area contributed by atoms with Crippen molar-refractivity contribution in [2.75, 3.05) is 26.2 Å². The maximum Gasteiger partial charge on any atom is 0.255 e. The molecule has 2 aromatic carbocycles. The fourth-order valence-electron chi connectivity index (χ4n) is 3.74. The highest BCUT2D eigenvalue weighted by atomic mass is 16.6. The second kappa shape index (κ2) is 9.11. The Hall–Kier alpha value is -3.15. The summed E-state index contributed by atoms with van der Waals surface area (Å²) in [7, 11) is 0. The molecule has 0 amide bonds. The van der Waals surface area contributed by atoms with Crippen LogP contribution < -0.4 is 10.3 Å². The van der Waals surface area contributed by atoms with Gasteiger partial charge in [-0.2, -0.15) is 0 Å². The van der Waals surface area contributed by atoms with E-state index in [0.29, 0.717) is 32.0 Å². The third-order valence-electron chi connectivity index (χ3n) is 5.48. The quantitative estimate of drug-likeness (QED) is 0.432. The molecule has 30 heavy (non-hydrogen) atoms. The van der Waals surface area contributed by atoms with E-state index < -0.39 is 0 Å². The van der Waals surface area contributed by atoms with Crippen molar-refractivity contribution in [3.63, 3.8) is 0 Å². The smallest absolute Gasteiger partial charge is 0.255 e. The second-order valence-corrected chi connectivity index (χ2v) is 7.69. The number of nitrogens with zero attached hydrogens (tertiary/aromatic N) is 2. The van der Waals surface area contributed by atoms with Gasteiger partial charge in [-0.1, -0.05) is 42.5 Å². The first-order chi connectivity index (χ1) is 14.6. The van der Waals surface area contributed by atoms with Crippen LogP contribution in [0, 0.1) is 5.21 Å². The highest BCUT2D eigenvalue weighted by molar-refractivity contribution is 5.69. The molecule has 0 atom stereocenters. The molecule has 1 fully saturated rings. The first kappa shape index (κ1) is 20.1. The van der Waals surface area contributed by atoms with Crippen LogP contribution in [0.1, 0.15) is 24.0 Å². The predicted molar refractivity (Wildman–Crippen MR) is 120 cm³/mol. The molecule has 4 rings (SSSR count). The normalized spacial score (nSPS) is 15.5. The minimum Gasteiger partial charge on any atom is -0.633 e. The monoisotopic (exact) mass is 402 g/mol. The summed E-state index contributed by atoms with van der Waals surface area (Å²) in [5, 5.41) is 12.3. The van der Waals surface area contributed by atoms with Crippen molar-refractivity contribution >= 4 is 12.2 Å². The lowest BCUT2D eigenvalue weighted by Gasteiger charge is -2.38. The van der Waals surface area contributed by atoms with Gasteiger partial charge in [-0.05, 0) is 41.5 Å². The Labute approximate surface area is 176 Å². The number of hydroxylamine groups is 3. The molecule has 1 aliphatic rings. The molecule has 0 N–H and O–H groups in total. The molecule has 0 bridgehead atoms. The number of pyridine rings is 1. The van der Waals surface area contributed by atoms with Crippen LogP contribution in [0.15, 0.2) is 77.7 Å². The van der Waals surface area contributed by atoms with Crippen molar-refractivity contribution in [2.24, 2.45) is 0 Å². The second-order valence-electron chi connectivity index (χ2n) is 7.69. The minimum absolute atomic E-state index is 0.0919. The first-order valence-electron chi connectivity index (χ1n) is 10.4. The van der Waals surface area contributed by atoms with Crippen LogP contribution in [0.5, 0.6) is 5.75 Å². The van der Waals surface area contributed by atoms with E-state index in [1.807, 2.05) is 72.8 Å². The van der Waals surface area contributed by atoms with Crippen LogP contribution in [0.4, 0.5) is 0 Å². The lowest BCUT2D eigenvalue weighted by molar-refractivity contribution is -0.868. The standard InChI is InChI=1S/C25H26N2O3/c28-25-20-22(9-8-21-6-2-1-3-7-21)14-15-26(25)23-10-12-24(13-11-23)30-19-18-27(29)16-4-5-17-27/h1-3,6-15,20H,4-5,16-19H2. The number of likely N-dealkylation sites (tertiary alicyclic amines) is 1. The molecular formula is C25H26N2O3. The topological polar surface area (TPSA) is 54.3 Å². The van der Waals surface area contributed by atoms with E-state index in [-0.39, 0.29) is 10.2 Å². The van der Waals surface area contributed by atoms with Crippen molar-refractivity contribution in [1.82, 2.24) is 4.57 Å². The molecule has 154 valence electrons. The predicted octanol–water partition coefficient (Wildman–Crippen LogP) is 4.50. The molecule has 1 aromatic heterocycles. The molecule has 5 nitrogen and oxygen atoms in total. The summed E-state index contributed by atoms with van der Waals surface area (Å²) < 4.78 is 7.20. The molecule has 0 spiro atoms. The van der Waals surface area contributed by atoms with E-state index in [4.69, 9.17) is 4.74 Å². The number of hydrogen-bond donors (Lipinski definition) is 0. The van der Waals surface area contributed by atoms with Crippen molar-refractivity contribution in [1.29, 1.82) is 0 Å². The van der Waals surface area contributed by atoms with Crippen molar-refractivity contribution in [2.45, 2.75) is 12.8 Å². The SMILES string of the molecule is O=c1cc(C=Cc2ccccc2)ccn1-c1ccc(OCC[N+]2([O-])CCCC2)cc1. The van der Waals surface area contributed by atoms with Gasteiger partial charge in [0.2, 0.25) is 0 Å². The van der Waals surface area contributed by atoms with Crippen molar-refractivity contribution in [3.05, 3.63) is 99.6 Å². The van der Waals surface area contributed by atoms with Crippen LogP contribution >= 0.6 is 0 Å². The number of rotatable bonds is 7. The first-order valence-corrected chi connectivity index (χ1v) is 10.4. The highest BCUT2D eigenvalue weighted by Crippen LogP contribution is 2.18. The van der Waals surface area contributed by atoms with Gasteiger partial charge in [-0.15, -0.1) is 0 Å². The zero-order valence-electron chi connectivity index (χ0n) is 16.9. The summed E-state index contributed by atoms with van der Waals surface area (Å²) in [5.74, 6) is 0.708. The number of hydrogen-bond acceptors (Lipinski definition) is 3. The zero-order valence-corrected chi connectivity index (χ0v) is 16.9. The number of benzene rings is 2. The summed E-state index contributed by atoms with van der Waals surface area (Å²) in [6.45, 7) is 2.29. The Morgan fingerprint density at radius 3 is 2.33 bits per heavy atom. The molecule has 0 aliphatic carbocycles. The Morgan fingerprint density at radius 1 is 0.933 bits per heavy atom. The van der Waals surface area contributed by atoms with Crippen molar-refractivity contribution in [3.8, 4) is 11.4 Å². The molecule has 1 aliphatic heterocycles. The van der Waals surface area contributed by atoms with Gasteiger partial charge in [0.1, 0.15) is 18.9 Å². The van der Waals surface area contributed by atoms with Crippen LogP contribution in [-0.4, -0.2) is 35.5 Å². The summed E-state index contributed by atoms with van der Waals surface area (Å²) >= 11 is 0. The molecular weight excluding hydrogens is 376 g/mol. The third kappa shape index (κ3) is 5.06. The maximum atomic E-state index is 12.6. The van der Waals surface area contributed by atoms with Gasteiger partial charge in [0.05, 0.1) is 13.1 Å². The van der Waals surface area contributed by atoms with E-state index >= 15 is 0 Å². The van der Waals surface area contributed by atoms with Crippen molar-refractivity contribution < 1.29 is 9.38 Å². The number of aromatic nitrogens is 1. The minimum atomic E-state index is -0.140. The van der Waals surface area contributed by atoms with Gasteiger partial charge in [0, 0.05) is 30.8 Å². The zero-order chi connectivity index (χ0) is 20.8. The van der Waals surface area contributed by atoms with E-state index in [9.17, 15) is 10.0 Å². The molecule has 3 aromatic rings. The summed E-state index contributed by atoms with van der Waals surface area (Å²) in [6, 6.07) is 20.9. The Morgan fingerprint density at radius 2 is 1.63 bits per heavy atom. The Balaban J connectivity index is 1.39. The van der Waals surface area contributed by atoms with Gasteiger partial charge in [-0.3, -0.25) is 9.36 Å². The van der Waals surface area contributed by atoms with E-state index in [1.54, 1.807) is 16.8 Å². The highest BCUT2D eigenvalue weighted by Gasteiger charge is 2.22. The summed E-state index contributed by atoms with van der Waals surface area (Å²) in [5.41, 5.74) is 2.63. The average molecular weight is 402 g/mol. The van der Waals surface area contributed by atoms with E-state index in [1.165, 1.54) is 0 Å². The largest absolute Gasteiger partial charge is 0.633 e. The Kier molecular flexibility index (Phi) is 6.12. The fraction of sp³-hybridized carbons (Fsp3) is 0.240. The van der Waals surface area contributed by atoms with Gasteiger partial charge in [-0.25, -0.2) is 0 Å². The lowest BCUT2D eigenvalue weighted by atomic mass is 10.1. The number of ether oxygens (including phenoxy) is 1. The molecule has 2 heterocycles. The average Bonchev–Trinajstić information content (AvgIpc) is 3.20. The van der Waals surface area contributed by atoms with Gasteiger partial charge in [0.25, 0.3) is 5.56 Å². The van der Waals surface area contributed by atoms with Crippen LogP contribution in [0.3, 0.4) is 0 Å². The van der Waals surface area contributed by atoms with Crippen LogP contribution in [-0.2, 0) is 0 Å². The molecule has 0 unspecified atom stereocenters. The number of quaternary nitrogens is 1. The van der Waals surface area contributed by atoms with Gasteiger partial charge < -0.3 is 14.6 Å². The molecule has 0 radical (unpaired) electrons. The molecule has 1 saturated heterocycles. The van der Waals surface area contributed by atoms with E-state index in [0.717, 1.165) is 29.7 Å². The van der Waals surface area contributed by atoms with Crippen LogP contribution in [0.2, 0.25) is 0 Å². The van der Waals surface area contributed by atoms with Gasteiger partial charge in [0.15, 0.2) is 0 Å². The molecule has 0 saturated carbocycles. The Bertz CT molecular complexity index is 1050. The summed E-state index contributed by atoms with van der Waals surface area (Å²) in [4.78, 5) is 12.6. The maximum absolute atomic E-state index is 12.6. The fourth-order valence-corrected chi connectivity index (χ4v) is 3.74. The lowest BCUT2D eigenvalue weighted by Crippen LogP contribution is -2.42. The van der Waals surface area contributed by atoms with Gasteiger partial charge >= 0.3 is 0 Å². The van der Waals surface area contributed by atoms with E-state index in [2.05, 4.69) is 0 Å². The summed E-state index contributed by atoms with van der Waals surface area (Å²) in [6.07, 6.45) is 7.72. The van der Waals surface area contributed by atoms with Crippen LogP contribution in [0.25, 0.3) is 17.8 Å².